The average Bonchev–Trinajstić information content (AvgIpc) is 2.49. The van der Waals surface area contributed by atoms with Crippen LogP contribution in [0.25, 0.3) is 0 Å². The zero-order chi connectivity index (χ0) is 16.3. The summed E-state index contributed by atoms with van der Waals surface area (Å²) in [6, 6.07) is 0. The summed E-state index contributed by atoms with van der Waals surface area (Å²) in [7, 11) is 3.76. The molecule has 2 atom stereocenters. The van der Waals surface area contributed by atoms with Gasteiger partial charge in [-0.3, -0.25) is 4.79 Å². The number of piperidine rings is 1. The summed E-state index contributed by atoms with van der Waals surface area (Å²) in [5, 5.41) is 20.1. The molecule has 0 saturated carbocycles. The maximum Gasteiger partial charge on any atom is 0.312 e. The summed E-state index contributed by atoms with van der Waals surface area (Å²) in [6.45, 7) is 2.74. The van der Waals surface area contributed by atoms with Gasteiger partial charge in [0.05, 0.1) is 11.5 Å². The van der Waals surface area contributed by atoms with Gasteiger partial charge in [-0.25, -0.2) is 9.97 Å². The van der Waals surface area contributed by atoms with E-state index in [1.54, 1.807) is 12.4 Å². The fourth-order valence-electron chi connectivity index (χ4n) is 3.12. The Morgan fingerprint density at radius 1 is 1.45 bits per heavy atom. The maximum atomic E-state index is 11.7. The van der Waals surface area contributed by atoms with Gasteiger partial charge in [0.15, 0.2) is 11.6 Å². The van der Waals surface area contributed by atoms with Crippen molar-refractivity contribution in [1.82, 2.24) is 9.97 Å². The number of anilines is 2. The lowest BCUT2D eigenvalue weighted by atomic mass is 9.73. The van der Waals surface area contributed by atoms with Crippen LogP contribution in [-0.2, 0) is 4.79 Å². The van der Waals surface area contributed by atoms with E-state index in [4.69, 9.17) is 0 Å². The molecule has 2 heterocycles. The first-order valence-corrected chi connectivity index (χ1v) is 7.57. The average molecular weight is 308 g/mol. The van der Waals surface area contributed by atoms with E-state index >= 15 is 0 Å². The summed E-state index contributed by atoms with van der Waals surface area (Å²) >= 11 is 0. The van der Waals surface area contributed by atoms with Crippen molar-refractivity contribution in [2.24, 2.45) is 5.41 Å². The lowest BCUT2D eigenvalue weighted by Crippen LogP contribution is -2.55. The Kier molecular flexibility index (Phi) is 4.85. The molecule has 1 aromatic rings. The zero-order valence-electron chi connectivity index (χ0n) is 13.4. The van der Waals surface area contributed by atoms with Crippen LogP contribution in [-0.4, -0.2) is 59.4 Å². The third-order valence-electron chi connectivity index (χ3n) is 4.36. The van der Waals surface area contributed by atoms with Crippen molar-refractivity contribution >= 4 is 17.6 Å². The second-order valence-electron chi connectivity index (χ2n) is 6.02. The number of aliphatic carboxylic acids is 1. The van der Waals surface area contributed by atoms with Gasteiger partial charge in [0, 0.05) is 39.6 Å². The smallest absolute Gasteiger partial charge is 0.312 e. The number of rotatable bonds is 5. The van der Waals surface area contributed by atoms with Crippen LogP contribution in [0.3, 0.4) is 0 Å². The molecule has 2 rings (SSSR count). The molecule has 1 saturated heterocycles. The third kappa shape index (κ3) is 2.85. The van der Waals surface area contributed by atoms with Gasteiger partial charge in [-0.05, 0) is 12.8 Å². The van der Waals surface area contributed by atoms with Crippen molar-refractivity contribution in [2.75, 3.05) is 37.0 Å². The molecule has 0 radical (unpaired) electrons. The molecule has 1 fully saturated rings. The lowest BCUT2D eigenvalue weighted by Gasteiger charge is -2.43. The van der Waals surface area contributed by atoms with E-state index in [9.17, 15) is 15.0 Å². The minimum absolute atomic E-state index is 0.256. The zero-order valence-corrected chi connectivity index (χ0v) is 13.4. The molecule has 0 bridgehead atoms. The van der Waals surface area contributed by atoms with Crippen molar-refractivity contribution < 1.29 is 15.0 Å². The number of aromatic nitrogens is 2. The van der Waals surface area contributed by atoms with Gasteiger partial charge in [-0.1, -0.05) is 13.3 Å². The van der Waals surface area contributed by atoms with E-state index < -0.39 is 17.5 Å². The molecule has 0 aromatic carbocycles. The predicted molar refractivity (Wildman–Crippen MR) is 84.2 cm³/mol. The number of aliphatic hydroxyl groups is 1. The molecule has 0 spiro atoms. The molecular weight excluding hydrogens is 284 g/mol. The monoisotopic (exact) mass is 308 g/mol. The van der Waals surface area contributed by atoms with Gasteiger partial charge in [0.2, 0.25) is 0 Å². The van der Waals surface area contributed by atoms with Crippen molar-refractivity contribution in [3.63, 3.8) is 0 Å². The van der Waals surface area contributed by atoms with Crippen molar-refractivity contribution in [3.8, 4) is 0 Å². The Balaban J connectivity index is 2.25. The van der Waals surface area contributed by atoms with Gasteiger partial charge < -0.3 is 20.0 Å². The van der Waals surface area contributed by atoms with Crippen LogP contribution < -0.4 is 9.80 Å². The molecule has 0 unspecified atom stereocenters. The van der Waals surface area contributed by atoms with Crippen LogP contribution >= 0.6 is 0 Å². The number of nitrogens with zero attached hydrogens (tertiary/aromatic N) is 4. The summed E-state index contributed by atoms with van der Waals surface area (Å²) in [5.41, 5.74) is -1.05. The Bertz CT molecular complexity index is 537. The normalized spacial score (nSPS) is 25.1. The van der Waals surface area contributed by atoms with E-state index in [1.165, 1.54) is 0 Å². The molecule has 1 aromatic heterocycles. The van der Waals surface area contributed by atoms with Crippen molar-refractivity contribution in [2.45, 2.75) is 32.3 Å². The Morgan fingerprint density at radius 3 is 2.68 bits per heavy atom. The van der Waals surface area contributed by atoms with Gasteiger partial charge in [-0.2, -0.15) is 0 Å². The molecule has 7 nitrogen and oxygen atoms in total. The molecule has 1 aliphatic rings. The summed E-state index contributed by atoms with van der Waals surface area (Å²) in [4.78, 5) is 24.1. The lowest BCUT2D eigenvalue weighted by molar-refractivity contribution is -0.159. The van der Waals surface area contributed by atoms with Crippen LogP contribution in [0.15, 0.2) is 12.4 Å². The molecule has 7 heteroatoms. The number of hydrogen-bond donors (Lipinski definition) is 2. The van der Waals surface area contributed by atoms with Crippen molar-refractivity contribution in [1.29, 1.82) is 0 Å². The Labute approximate surface area is 130 Å². The van der Waals surface area contributed by atoms with E-state index in [0.717, 1.165) is 6.42 Å². The highest BCUT2D eigenvalue weighted by Gasteiger charge is 2.48. The molecule has 22 heavy (non-hydrogen) atoms. The fourth-order valence-corrected chi connectivity index (χ4v) is 3.12. The van der Waals surface area contributed by atoms with E-state index in [1.807, 2.05) is 30.8 Å². The first-order valence-electron chi connectivity index (χ1n) is 7.57. The summed E-state index contributed by atoms with van der Waals surface area (Å²) in [5.74, 6) is 0.489. The molecular formula is C15H24N4O3. The molecule has 0 amide bonds. The minimum atomic E-state index is -1.05. The standard InChI is InChI=1S/C15H24N4O3/c1-4-5-15(14(21)22)6-9-19(10-11(15)20)13-12(18(2)3)16-7-8-17-13/h7-8,11,20H,4-6,9-10H2,1-3H3,(H,21,22)/t11-,15-/m0/s1. The van der Waals surface area contributed by atoms with Gasteiger partial charge in [0.25, 0.3) is 0 Å². The second-order valence-corrected chi connectivity index (χ2v) is 6.02. The summed E-state index contributed by atoms with van der Waals surface area (Å²) in [6.07, 6.45) is 3.93. The SMILES string of the molecule is CCC[C@]1(C(=O)O)CCN(c2nccnc2N(C)C)C[C@@H]1O. The van der Waals surface area contributed by atoms with E-state index in [-0.39, 0.29) is 6.54 Å². The predicted octanol–water partition coefficient (Wildman–Crippen LogP) is 0.985. The van der Waals surface area contributed by atoms with E-state index in [0.29, 0.717) is 31.0 Å². The van der Waals surface area contributed by atoms with Crippen LogP contribution in [0, 0.1) is 5.41 Å². The Hall–Kier alpha value is -1.89. The van der Waals surface area contributed by atoms with Crippen LogP contribution in [0.2, 0.25) is 0 Å². The summed E-state index contributed by atoms with van der Waals surface area (Å²) < 4.78 is 0. The quantitative estimate of drug-likeness (QED) is 0.838. The van der Waals surface area contributed by atoms with Gasteiger partial charge in [0.1, 0.15) is 0 Å². The number of carbonyl (C=O) groups is 1. The van der Waals surface area contributed by atoms with Crippen LogP contribution in [0.4, 0.5) is 11.6 Å². The van der Waals surface area contributed by atoms with Gasteiger partial charge in [-0.15, -0.1) is 0 Å². The number of carboxylic acid groups (broad SMARTS) is 1. The first-order chi connectivity index (χ1) is 10.4. The molecule has 122 valence electrons. The highest BCUT2D eigenvalue weighted by Crippen LogP contribution is 2.39. The van der Waals surface area contributed by atoms with Gasteiger partial charge >= 0.3 is 5.97 Å². The number of hydrogen-bond acceptors (Lipinski definition) is 6. The van der Waals surface area contributed by atoms with E-state index in [2.05, 4.69) is 9.97 Å². The highest BCUT2D eigenvalue weighted by molar-refractivity contribution is 5.76. The third-order valence-corrected chi connectivity index (χ3v) is 4.36. The highest BCUT2D eigenvalue weighted by atomic mass is 16.4. The maximum absolute atomic E-state index is 11.7. The van der Waals surface area contributed by atoms with Crippen molar-refractivity contribution in [3.05, 3.63) is 12.4 Å². The molecule has 2 N–H and O–H groups in total. The largest absolute Gasteiger partial charge is 0.481 e. The number of aliphatic hydroxyl groups excluding tert-OH is 1. The first kappa shape index (κ1) is 16.5. The van der Waals surface area contributed by atoms with Crippen LogP contribution in [0.1, 0.15) is 26.2 Å². The number of carboxylic acids is 1. The molecule has 0 aliphatic carbocycles. The minimum Gasteiger partial charge on any atom is -0.481 e. The fraction of sp³-hybridized carbons (Fsp3) is 0.667. The topological polar surface area (TPSA) is 89.8 Å². The van der Waals surface area contributed by atoms with Crippen LogP contribution in [0.5, 0.6) is 0 Å². The molecule has 1 aliphatic heterocycles. The number of β-amino-alcohol motifs (C(OH)–C–C–N with tert-alkyl or cyclic N) is 1. The Morgan fingerprint density at radius 2 is 2.14 bits per heavy atom. The second kappa shape index (κ2) is 6.48.